The summed E-state index contributed by atoms with van der Waals surface area (Å²) in [5, 5.41) is 7.82. The molecule has 1 aliphatic heterocycles. The lowest BCUT2D eigenvalue weighted by Crippen LogP contribution is -2.40. The molecule has 0 aliphatic carbocycles. The van der Waals surface area contributed by atoms with E-state index >= 15 is 0 Å². The van der Waals surface area contributed by atoms with Crippen molar-refractivity contribution >= 4 is 5.91 Å². The Morgan fingerprint density at radius 3 is 2.69 bits per heavy atom. The predicted octanol–water partition coefficient (Wildman–Crippen LogP) is 3.85. The average Bonchev–Trinajstić information content (AvgIpc) is 3.45. The Labute approximate surface area is 170 Å². The first-order valence-electron chi connectivity index (χ1n) is 9.88. The van der Waals surface area contributed by atoms with Gasteiger partial charge >= 0.3 is 0 Å². The van der Waals surface area contributed by atoms with Gasteiger partial charge in [0.25, 0.3) is 5.91 Å². The summed E-state index contributed by atoms with van der Waals surface area (Å²) in [4.78, 5) is 13.2. The lowest BCUT2D eigenvalue weighted by molar-refractivity contribution is 0.0712. The highest BCUT2D eigenvalue weighted by molar-refractivity contribution is 6.00. The minimum absolute atomic E-state index is 0.0535. The molecule has 1 aromatic heterocycles. The fourth-order valence-corrected chi connectivity index (χ4v) is 3.67. The predicted molar refractivity (Wildman–Crippen MR) is 111 cm³/mol. The Balaban J connectivity index is 1.72. The third-order valence-corrected chi connectivity index (χ3v) is 5.22. The van der Waals surface area contributed by atoms with Crippen molar-refractivity contribution in [3.05, 3.63) is 66.4 Å². The number of ether oxygens (including phenoxy) is 2. The second-order valence-electron chi connectivity index (χ2n) is 7.19. The van der Waals surface area contributed by atoms with Gasteiger partial charge in [-0.25, -0.2) is 4.68 Å². The lowest BCUT2D eigenvalue weighted by Gasteiger charge is -2.20. The number of hydrogen-bond acceptors (Lipinski definition) is 4. The number of carbonyl (C=O) groups is 1. The standard InChI is InChI=1S/C23H25N3O3/c1-16(20-13-8-14-29-20)24-23(27)19-15-26(17-9-4-3-5-10-17)25-22(19)18-11-6-7-12-21(18)28-2/h3-7,9-12,15-16,20H,8,13-14H2,1-2H3,(H,24,27). The number of nitrogens with one attached hydrogen (secondary N) is 1. The van der Waals surface area contributed by atoms with Crippen LogP contribution in [0.4, 0.5) is 0 Å². The molecule has 1 fully saturated rings. The zero-order valence-corrected chi connectivity index (χ0v) is 16.7. The molecule has 1 saturated heterocycles. The van der Waals surface area contributed by atoms with Crippen LogP contribution < -0.4 is 10.1 Å². The van der Waals surface area contributed by atoms with E-state index in [0.717, 1.165) is 30.7 Å². The van der Waals surface area contributed by atoms with Crippen LogP contribution >= 0.6 is 0 Å². The van der Waals surface area contributed by atoms with Gasteiger partial charge in [-0.2, -0.15) is 5.10 Å². The minimum Gasteiger partial charge on any atom is -0.496 e. The maximum Gasteiger partial charge on any atom is 0.255 e. The smallest absolute Gasteiger partial charge is 0.255 e. The van der Waals surface area contributed by atoms with Gasteiger partial charge in [0.15, 0.2) is 0 Å². The topological polar surface area (TPSA) is 65.4 Å². The third-order valence-electron chi connectivity index (χ3n) is 5.22. The zero-order valence-electron chi connectivity index (χ0n) is 16.7. The summed E-state index contributed by atoms with van der Waals surface area (Å²) < 4.78 is 13.0. The number of benzene rings is 2. The number of amides is 1. The van der Waals surface area contributed by atoms with E-state index in [1.54, 1.807) is 18.0 Å². The number of carbonyl (C=O) groups excluding carboxylic acids is 1. The Morgan fingerprint density at radius 2 is 1.97 bits per heavy atom. The van der Waals surface area contributed by atoms with E-state index < -0.39 is 0 Å². The fourth-order valence-electron chi connectivity index (χ4n) is 3.67. The van der Waals surface area contributed by atoms with Crippen LogP contribution in [0.5, 0.6) is 5.75 Å². The second kappa shape index (κ2) is 8.49. The normalized spacial score (nSPS) is 17.1. The van der Waals surface area contributed by atoms with Crippen LogP contribution in [0, 0.1) is 0 Å². The van der Waals surface area contributed by atoms with E-state index in [1.807, 2.05) is 61.5 Å². The summed E-state index contributed by atoms with van der Waals surface area (Å²) in [6.07, 6.45) is 3.82. The summed E-state index contributed by atoms with van der Waals surface area (Å²) in [6, 6.07) is 17.3. The van der Waals surface area contributed by atoms with Gasteiger partial charge in [-0.05, 0) is 44.0 Å². The highest BCUT2D eigenvalue weighted by Crippen LogP contribution is 2.32. The van der Waals surface area contributed by atoms with Crippen molar-refractivity contribution < 1.29 is 14.3 Å². The molecule has 1 N–H and O–H groups in total. The Morgan fingerprint density at radius 1 is 1.21 bits per heavy atom. The molecule has 2 atom stereocenters. The van der Waals surface area contributed by atoms with Gasteiger partial charge in [0.1, 0.15) is 11.4 Å². The van der Waals surface area contributed by atoms with Crippen LogP contribution in [-0.2, 0) is 4.74 Å². The van der Waals surface area contributed by atoms with Crippen molar-refractivity contribution in [2.75, 3.05) is 13.7 Å². The molecule has 2 unspecified atom stereocenters. The van der Waals surface area contributed by atoms with Crippen LogP contribution in [0.3, 0.4) is 0 Å². The van der Waals surface area contributed by atoms with Gasteiger partial charge in [-0.1, -0.05) is 30.3 Å². The molecule has 2 heterocycles. The summed E-state index contributed by atoms with van der Waals surface area (Å²) in [7, 11) is 1.62. The number of methoxy groups -OCH3 is 1. The van der Waals surface area contributed by atoms with E-state index in [0.29, 0.717) is 17.0 Å². The molecule has 3 aromatic rings. The Bertz CT molecular complexity index is 978. The minimum atomic E-state index is -0.170. The van der Waals surface area contributed by atoms with Gasteiger partial charge in [0, 0.05) is 18.4 Å². The number of para-hydroxylation sites is 2. The van der Waals surface area contributed by atoms with Crippen LogP contribution in [0.2, 0.25) is 0 Å². The van der Waals surface area contributed by atoms with Crippen LogP contribution in [0.15, 0.2) is 60.8 Å². The molecule has 150 valence electrons. The maximum absolute atomic E-state index is 13.2. The van der Waals surface area contributed by atoms with Crippen molar-refractivity contribution in [2.45, 2.75) is 31.9 Å². The van der Waals surface area contributed by atoms with E-state index in [1.165, 1.54) is 0 Å². The van der Waals surface area contributed by atoms with Crippen molar-refractivity contribution in [2.24, 2.45) is 0 Å². The van der Waals surface area contributed by atoms with Gasteiger partial charge in [0.2, 0.25) is 0 Å². The molecule has 4 rings (SSSR count). The van der Waals surface area contributed by atoms with Crippen LogP contribution in [-0.4, -0.2) is 41.6 Å². The molecule has 6 heteroatoms. The highest BCUT2D eigenvalue weighted by atomic mass is 16.5. The third kappa shape index (κ3) is 4.03. The van der Waals surface area contributed by atoms with Crippen molar-refractivity contribution in [3.8, 4) is 22.7 Å². The monoisotopic (exact) mass is 391 g/mol. The molecule has 29 heavy (non-hydrogen) atoms. The van der Waals surface area contributed by atoms with E-state index in [4.69, 9.17) is 14.6 Å². The van der Waals surface area contributed by atoms with Gasteiger partial charge in [-0.15, -0.1) is 0 Å². The summed E-state index contributed by atoms with van der Waals surface area (Å²) in [5.41, 5.74) is 2.75. The van der Waals surface area contributed by atoms with E-state index in [2.05, 4.69) is 5.32 Å². The first-order chi connectivity index (χ1) is 14.2. The van der Waals surface area contributed by atoms with Crippen LogP contribution in [0.1, 0.15) is 30.1 Å². The average molecular weight is 391 g/mol. The fraction of sp³-hybridized carbons (Fsp3) is 0.304. The number of rotatable bonds is 6. The molecule has 2 aromatic carbocycles. The number of hydrogen-bond donors (Lipinski definition) is 1. The summed E-state index contributed by atoms with van der Waals surface area (Å²) in [5.74, 6) is 0.503. The Hall–Kier alpha value is -3.12. The summed E-state index contributed by atoms with van der Waals surface area (Å²) in [6.45, 7) is 2.74. The second-order valence-corrected chi connectivity index (χ2v) is 7.19. The maximum atomic E-state index is 13.2. The Kier molecular flexibility index (Phi) is 5.62. The molecule has 1 amide bonds. The largest absolute Gasteiger partial charge is 0.496 e. The van der Waals surface area contributed by atoms with Crippen LogP contribution in [0.25, 0.3) is 16.9 Å². The van der Waals surface area contributed by atoms with E-state index in [9.17, 15) is 4.79 Å². The van der Waals surface area contributed by atoms with Crippen molar-refractivity contribution in [1.29, 1.82) is 0 Å². The SMILES string of the molecule is COc1ccccc1-c1nn(-c2ccccc2)cc1C(=O)NC(C)C1CCCO1. The lowest BCUT2D eigenvalue weighted by atomic mass is 10.1. The first-order valence-corrected chi connectivity index (χ1v) is 9.88. The zero-order chi connectivity index (χ0) is 20.2. The molecule has 0 radical (unpaired) electrons. The van der Waals surface area contributed by atoms with Gasteiger partial charge in [-0.3, -0.25) is 4.79 Å². The summed E-state index contributed by atoms with van der Waals surface area (Å²) >= 11 is 0. The van der Waals surface area contributed by atoms with Crippen molar-refractivity contribution in [3.63, 3.8) is 0 Å². The molecule has 0 saturated carbocycles. The molecule has 6 nitrogen and oxygen atoms in total. The number of aromatic nitrogens is 2. The van der Waals surface area contributed by atoms with E-state index in [-0.39, 0.29) is 18.1 Å². The van der Waals surface area contributed by atoms with Gasteiger partial charge < -0.3 is 14.8 Å². The van der Waals surface area contributed by atoms with Crippen molar-refractivity contribution in [1.82, 2.24) is 15.1 Å². The van der Waals surface area contributed by atoms with Gasteiger partial charge in [0.05, 0.1) is 30.5 Å². The highest BCUT2D eigenvalue weighted by Gasteiger charge is 2.27. The quantitative estimate of drug-likeness (QED) is 0.693. The molecule has 0 spiro atoms. The molecular weight excluding hydrogens is 366 g/mol. The first kappa shape index (κ1) is 19.2. The molecule has 1 aliphatic rings. The molecular formula is C23H25N3O3. The molecule has 0 bridgehead atoms. The number of nitrogens with zero attached hydrogens (tertiary/aromatic N) is 2.